The van der Waals surface area contributed by atoms with Gasteiger partial charge in [0.1, 0.15) is 30.5 Å². The molecule has 1 aliphatic heterocycles. The van der Waals surface area contributed by atoms with E-state index >= 15 is 0 Å². The third kappa shape index (κ3) is 9.39. The molecule has 0 amide bonds. The van der Waals surface area contributed by atoms with Crippen LogP contribution in [0.3, 0.4) is 0 Å². The fraction of sp³-hybridized carbons (Fsp3) is 0.407. The van der Waals surface area contributed by atoms with Crippen LogP contribution in [0.25, 0.3) is 6.08 Å². The molecule has 214 valence electrons. The summed E-state index contributed by atoms with van der Waals surface area (Å²) < 4.78 is 93.0. The van der Waals surface area contributed by atoms with Crippen LogP contribution in [0.4, 0.5) is 26.3 Å². The quantitative estimate of drug-likeness (QED) is 0.224. The molecule has 1 unspecified atom stereocenters. The van der Waals surface area contributed by atoms with Gasteiger partial charge in [0.2, 0.25) is 0 Å². The molecule has 1 heterocycles. The molecule has 1 atom stereocenters. The highest BCUT2D eigenvalue weighted by molar-refractivity contribution is 5.64. The Hall–Kier alpha value is -3.38. The van der Waals surface area contributed by atoms with Gasteiger partial charge in [0.05, 0.1) is 5.56 Å². The zero-order valence-corrected chi connectivity index (χ0v) is 21.0. The molecule has 2 aromatic rings. The molecule has 0 spiro atoms. The first-order chi connectivity index (χ1) is 18.4. The molecule has 0 bridgehead atoms. The van der Waals surface area contributed by atoms with E-state index in [1.54, 1.807) is 30.5 Å². The van der Waals surface area contributed by atoms with E-state index in [2.05, 4.69) is 10.1 Å². The van der Waals surface area contributed by atoms with Gasteiger partial charge in [0.15, 0.2) is 12.9 Å². The average molecular weight is 562 g/mol. The molecule has 0 fully saturated rings. The van der Waals surface area contributed by atoms with E-state index in [1.165, 1.54) is 6.07 Å². The third-order valence-corrected chi connectivity index (χ3v) is 5.70. The van der Waals surface area contributed by atoms with Crippen molar-refractivity contribution in [2.24, 2.45) is 5.92 Å². The number of fused-ring (bicyclic) bond motifs is 1. The molecule has 12 heteroatoms. The molecule has 0 saturated carbocycles. The van der Waals surface area contributed by atoms with Crippen LogP contribution in [0, 0.1) is 5.92 Å². The van der Waals surface area contributed by atoms with Gasteiger partial charge in [-0.05, 0) is 54.1 Å². The summed E-state index contributed by atoms with van der Waals surface area (Å²) in [7, 11) is 0. The van der Waals surface area contributed by atoms with Crippen LogP contribution in [0.1, 0.15) is 36.5 Å². The predicted octanol–water partition coefficient (Wildman–Crippen LogP) is 5.83. The van der Waals surface area contributed by atoms with Gasteiger partial charge in [0.25, 0.3) is 0 Å². The Morgan fingerprint density at radius 2 is 1.82 bits per heavy atom. The second kappa shape index (κ2) is 13.1. The standard InChI is InChI=1S/C27H29F6NO5/c1-2-3-19(25(35)36)8-9-34-13-18-10-20-5-6-21(12-24(20)38-15-18)37-14-17-4-7-23(39-16-26(28,29)30)22(11-17)27(31,32)33/h4-12,19,25,34-36H,2-3,13-16H2,1H3/b9-8-. The van der Waals surface area contributed by atoms with Crippen molar-refractivity contribution >= 4 is 6.08 Å². The van der Waals surface area contributed by atoms with Gasteiger partial charge in [-0.15, -0.1) is 0 Å². The predicted molar refractivity (Wildman–Crippen MR) is 131 cm³/mol. The number of aliphatic hydroxyl groups excluding tert-OH is 1. The number of hydrogen-bond acceptors (Lipinski definition) is 6. The minimum absolute atomic E-state index is 0.0940. The van der Waals surface area contributed by atoms with Gasteiger partial charge in [0, 0.05) is 24.1 Å². The number of nitrogens with one attached hydrogen (secondary N) is 1. The smallest absolute Gasteiger partial charge is 0.422 e. The van der Waals surface area contributed by atoms with Crippen LogP contribution in [-0.2, 0) is 12.8 Å². The summed E-state index contributed by atoms with van der Waals surface area (Å²) >= 11 is 0. The van der Waals surface area contributed by atoms with Crippen LogP contribution >= 0.6 is 0 Å². The van der Waals surface area contributed by atoms with Gasteiger partial charge < -0.3 is 29.7 Å². The highest BCUT2D eigenvalue weighted by atomic mass is 19.4. The van der Waals surface area contributed by atoms with Gasteiger partial charge >= 0.3 is 12.4 Å². The Balaban J connectivity index is 1.60. The second-order valence-electron chi connectivity index (χ2n) is 8.92. The van der Waals surface area contributed by atoms with Crippen LogP contribution in [0.15, 0.2) is 54.2 Å². The molecule has 0 saturated heterocycles. The lowest BCUT2D eigenvalue weighted by molar-refractivity contribution is -0.158. The van der Waals surface area contributed by atoms with Crippen molar-refractivity contribution in [2.45, 2.75) is 45.0 Å². The molecular weight excluding hydrogens is 532 g/mol. The largest absolute Gasteiger partial charge is 0.489 e. The molecule has 2 aromatic carbocycles. The van der Waals surface area contributed by atoms with E-state index < -0.39 is 36.6 Å². The number of rotatable bonds is 12. The molecule has 3 N–H and O–H groups in total. The number of aliphatic hydroxyl groups is 2. The highest BCUT2D eigenvalue weighted by Gasteiger charge is 2.36. The third-order valence-electron chi connectivity index (χ3n) is 5.70. The minimum atomic E-state index is -4.91. The number of alkyl halides is 6. The van der Waals surface area contributed by atoms with Crippen molar-refractivity contribution in [3.63, 3.8) is 0 Å². The van der Waals surface area contributed by atoms with E-state index in [4.69, 9.17) is 9.47 Å². The number of hydrogen-bond donors (Lipinski definition) is 3. The lowest BCUT2D eigenvalue weighted by Crippen LogP contribution is -2.21. The second-order valence-corrected chi connectivity index (χ2v) is 8.92. The molecule has 6 nitrogen and oxygen atoms in total. The normalized spacial score (nSPS) is 14.6. The molecular formula is C27H29F6NO5. The van der Waals surface area contributed by atoms with Crippen LogP contribution in [-0.4, -0.2) is 42.4 Å². The summed E-state index contributed by atoms with van der Waals surface area (Å²) in [6.45, 7) is 0.611. The monoisotopic (exact) mass is 561 g/mol. The summed E-state index contributed by atoms with van der Waals surface area (Å²) in [6.07, 6.45) is -4.35. The minimum Gasteiger partial charge on any atom is -0.489 e. The molecule has 3 rings (SSSR count). The van der Waals surface area contributed by atoms with E-state index in [-0.39, 0.29) is 24.7 Å². The molecule has 0 aliphatic carbocycles. The Bertz CT molecular complexity index is 1160. The van der Waals surface area contributed by atoms with Crippen molar-refractivity contribution in [1.82, 2.24) is 5.32 Å². The zero-order chi connectivity index (χ0) is 28.6. The number of halogens is 6. The Morgan fingerprint density at radius 3 is 2.49 bits per heavy atom. The van der Waals surface area contributed by atoms with Gasteiger partial charge in [-0.25, -0.2) is 0 Å². The summed E-state index contributed by atoms with van der Waals surface area (Å²) in [5, 5.41) is 21.8. The zero-order valence-electron chi connectivity index (χ0n) is 21.0. The maximum atomic E-state index is 13.4. The fourth-order valence-electron chi connectivity index (χ4n) is 3.78. The summed E-state index contributed by atoms with van der Waals surface area (Å²) in [5.41, 5.74) is 0.479. The molecule has 39 heavy (non-hydrogen) atoms. The lowest BCUT2D eigenvalue weighted by atomic mass is 10.0. The first-order valence-electron chi connectivity index (χ1n) is 12.1. The Labute approximate surface area is 221 Å². The van der Waals surface area contributed by atoms with Crippen molar-refractivity contribution in [3.05, 3.63) is 70.9 Å². The van der Waals surface area contributed by atoms with E-state index in [9.17, 15) is 36.6 Å². The Morgan fingerprint density at radius 1 is 1.05 bits per heavy atom. The first-order valence-corrected chi connectivity index (χ1v) is 12.1. The molecule has 1 aliphatic rings. The number of benzene rings is 2. The van der Waals surface area contributed by atoms with E-state index in [1.807, 2.05) is 13.0 Å². The van der Waals surface area contributed by atoms with E-state index in [0.29, 0.717) is 30.5 Å². The van der Waals surface area contributed by atoms with Crippen molar-refractivity contribution in [2.75, 3.05) is 19.8 Å². The van der Waals surface area contributed by atoms with E-state index in [0.717, 1.165) is 23.6 Å². The van der Waals surface area contributed by atoms with Crippen molar-refractivity contribution in [1.29, 1.82) is 0 Å². The molecule has 0 radical (unpaired) electrons. The molecule has 0 aromatic heterocycles. The lowest BCUT2D eigenvalue weighted by Gasteiger charge is -2.19. The number of ether oxygens (including phenoxy) is 3. The van der Waals surface area contributed by atoms with Crippen molar-refractivity contribution in [3.8, 4) is 17.2 Å². The topological polar surface area (TPSA) is 80.2 Å². The van der Waals surface area contributed by atoms with Gasteiger partial charge in [-0.1, -0.05) is 25.5 Å². The summed E-state index contributed by atoms with van der Waals surface area (Å²) in [5.74, 6) is -0.420. The SMILES string of the molecule is CCCC(/C=C\NCC1=Cc2ccc(OCc3ccc(OCC(F)(F)F)c(C(F)(F)F)c3)cc2OC1)C(O)O. The highest BCUT2D eigenvalue weighted by Crippen LogP contribution is 2.38. The maximum absolute atomic E-state index is 13.4. The first kappa shape index (κ1) is 30.2. The van der Waals surface area contributed by atoms with Crippen molar-refractivity contribution < 1.29 is 50.8 Å². The maximum Gasteiger partial charge on any atom is 0.422 e. The van der Waals surface area contributed by atoms with Crippen LogP contribution in [0.2, 0.25) is 0 Å². The summed E-state index contributed by atoms with van der Waals surface area (Å²) in [4.78, 5) is 0. The van der Waals surface area contributed by atoms with Crippen LogP contribution < -0.4 is 19.5 Å². The van der Waals surface area contributed by atoms with Gasteiger partial charge in [-0.2, -0.15) is 26.3 Å². The Kier molecular flexibility index (Phi) is 10.1. The average Bonchev–Trinajstić information content (AvgIpc) is 2.87. The van der Waals surface area contributed by atoms with Gasteiger partial charge in [-0.3, -0.25) is 0 Å². The fourth-order valence-corrected chi connectivity index (χ4v) is 3.78. The summed E-state index contributed by atoms with van der Waals surface area (Å²) in [6, 6.07) is 7.70. The van der Waals surface area contributed by atoms with Crippen LogP contribution in [0.5, 0.6) is 17.2 Å².